The van der Waals surface area contributed by atoms with Gasteiger partial charge in [0.2, 0.25) is 0 Å². The maximum absolute atomic E-state index is 13.7. The molecule has 1 N–H and O–H groups in total. The van der Waals surface area contributed by atoms with Crippen molar-refractivity contribution in [2.45, 2.75) is 13.3 Å². The number of hydrogen-bond donors (Lipinski definition) is 1. The standard InChI is InChI=1S/C22H22FN3O/c1-2-26(19-9-4-3-5-10-19)20-14-18(15-24-16-20)22(27)25-13-12-17-8-6-7-11-21(17)23/h3-11,14-16H,2,12-13H2,1H3,(H,25,27). The zero-order valence-corrected chi connectivity index (χ0v) is 15.2. The van der Waals surface area contributed by atoms with E-state index in [2.05, 4.69) is 15.2 Å². The Morgan fingerprint density at radius 3 is 2.52 bits per heavy atom. The van der Waals surface area contributed by atoms with Gasteiger partial charge in [-0.25, -0.2) is 4.39 Å². The van der Waals surface area contributed by atoms with Crippen LogP contribution >= 0.6 is 0 Å². The summed E-state index contributed by atoms with van der Waals surface area (Å²) in [6.45, 7) is 3.17. The van der Waals surface area contributed by atoms with Gasteiger partial charge in [-0.15, -0.1) is 0 Å². The van der Waals surface area contributed by atoms with Crippen molar-refractivity contribution in [1.29, 1.82) is 0 Å². The predicted molar refractivity (Wildman–Crippen MR) is 106 cm³/mol. The largest absolute Gasteiger partial charge is 0.352 e. The van der Waals surface area contributed by atoms with E-state index in [-0.39, 0.29) is 11.7 Å². The van der Waals surface area contributed by atoms with Crippen molar-refractivity contribution in [3.8, 4) is 0 Å². The van der Waals surface area contributed by atoms with Crippen molar-refractivity contribution < 1.29 is 9.18 Å². The predicted octanol–water partition coefficient (Wildman–Crippen LogP) is 4.35. The smallest absolute Gasteiger partial charge is 0.252 e. The number of benzene rings is 2. The van der Waals surface area contributed by atoms with Gasteiger partial charge in [0.15, 0.2) is 0 Å². The Hall–Kier alpha value is -3.21. The van der Waals surface area contributed by atoms with Crippen molar-refractivity contribution >= 4 is 17.3 Å². The number of anilines is 2. The lowest BCUT2D eigenvalue weighted by atomic mass is 10.1. The monoisotopic (exact) mass is 363 g/mol. The highest BCUT2D eigenvalue weighted by molar-refractivity contribution is 5.95. The average Bonchev–Trinajstić information content (AvgIpc) is 2.71. The summed E-state index contributed by atoms with van der Waals surface area (Å²) in [5.41, 5.74) is 2.96. The van der Waals surface area contributed by atoms with Gasteiger partial charge in [-0.3, -0.25) is 9.78 Å². The third-order valence-electron chi connectivity index (χ3n) is 4.32. The van der Waals surface area contributed by atoms with Crippen LogP contribution in [0.2, 0.25) is 0 Å². The van der Waals surface area contributed by atoms with Crippen LogP contribution in [0.15, 0.2) is 73.1 Å². The summed E-state index contributed by atoms with van der Waals surface area (Å²) in [6, 6.07) is 18.4. The zero-order chi connectivity index (χ0) is 19.1. The molecule has 0 aliphatic carbocycles. The highest BCUT2D eigenvalue weighted by Gasteiger charge is 2.12. The van der Waals surface area contributed by atoms with Gasteiger partial charge in [0.1, 0.15) is 5.82 Å². The fraction of sp³-hybridized carbons (Fsp3) is 0.182. The summed E-state index contributed by atoms with van der Waals surface area (Å²) >= 11 is 0. The summed E-state index contributed by atoms with van der Waals surface area (Å²) in [7, 11) is 0. The van der Waals surface area contributed by atoms with Crippen LogP contribution in [0.3, 0.4) is 0 Å². The zero-order valence-electron chi connectivity index (χ0n) is 15.2. The summed E-state index contributed by atoms with van der Waals surface area (Å²) < 4.78 is 13.7. The number of carbonyl (C=O) groups excluding carboxylic acids is 1. The van der Waals surface area contributed by atoms with E-state index in [1.807, 2.05) is 43.3 Å². The lowest BCUT2D eigenvalue weighted by Crippen LogP contribution is -2.26. The first-order valence-electron chi connectivity index (χ1n) is 8.98. The van der Waals surface area contributed by atoms with Gasteiger partial charge < -0.3 is 10.2 Å². The summed E-state index contributed by atoms with van der Waals surface area (Å²) in [5.74, 6) is -0.471. The van der Waals surface area contributed by atoms with Crippen LogP contribution in [0.1, 0.15) is 22.8 Å². The molecule has 0 fully saturated rings. The fourth-order valence-electron chi connectivity index (χ4n) is 2.94. The molecule has 2 aromatic carbocycles. The number of amides is 1. The van der Waals surface area contributed by atoms with Crippen LogP contribution in [0.25, 0.3) is 0 Å². The Kier molecular flexibility index (Phi) is 6.15. The molecule has 1 aromatic heterocycles. The van der Waals surface area contributed by atoms with Crippen LogP contribution in [0.5, 0.6) is 0 Å². The average molecular weight is 363 g/mol. The second-order valence-corrected chi connectivity index (χ2v) is 6.11. The van der Waals surface area contributed by atoms with E-state index in [0.29, 0.717) is 24.1 Å². The number of aromatic nitrogens is 1. The SMILES string of the molecule is CCN(c1ccccc1)c1cncc(C(=O)NCCc2ccccc2F)c1. The van der Waals surface area contributed by atoms with Crippen LogP contribution in [0.4, 0.5) is 15.8 Å². The van der Waals surface area contributed by atoms with Gasteiger partial charge in [0.05, 0.1) is 17.4 Å². The van der Waals surface area contributed by atoms with Gasteiger partial charge in [0, 0.05) is 25.0 Å². The molecule has 0 unspecified atom stereocenters. The van der Waals surface area contributed by atoms with Crippen LogP contribution in [-0.4, -0.2) is 24.0 Å². The van der Waals surface area contributed by atoms with Gasteiger partial charge in [-0.2, -0.15) is 0 Å². The molecule has 4 nitrogen and oxygen atoms in total. The molecule has 0 aliphatic heterocycles. The summed E-state index contributed by atoms with van der Waals surface area (Å²) in [6.07, 6.45) is 3.73. The molecular weight excluding hydrogens is 341 g/mol. The van der Waals surface area contributed by atoms with E-state index in [0.717, 1.165) is 17.9 Å². The van der Waals surface area contributed by atoms with E-state index in [4.69, 9.17) is 0 Å². The van der Waals surface area contributed by atoms with Gasteiger partial charge in [-0.05, 0) is 43.2 Å². The first kappa shape index (κ1) is 18.6. The Bertz CT molecular complexity index is 899. The topological polar surface area (TPSA) is 45.2 Å². The number of rotatable bonds is 7. The molecular formula is C22H22FN3O. The molecule has 27 heavy (non-hydrogen) atoms. The first-order valence-corrected chi connectivity index (χ1v) is 8.98. The van der Waals surface area contributed by atoms with Crippen molar-refractivity contribution in [3.63, 3.8) is 0 Å². The Morgan fingerprint density at radius 1 is 1.04 bits per heavy atom. The molecule has 5 heteroatoms. The normalized spacial score (nSPS) is 10.4. The number of nitrogens with zero attached hydrogens (tertiary/aromatic N) is 2. The Balaban J connectivity index is 1.67. The molecule has 0 saturated heterocycles. The minimum atomic E-state index is -0.253. The number of para-hydroxylation sites is 1. The highest BCUT2D eigenvalue weighted by atomic mass is 19.1. The number of pyridine rings is 1. The van der Waals surface area contributed by atoms with E-state index in [1.165, 1.54) is 6.07 Å². The Labute approximate surface area is 158 Å². The number of hydrogen-bond acceptors (Lipinski definition) is 3. The first-order chi connectivity index (χ1) is 13.2. The molecule has 0 spiro atoms. The van der Waals surface area contributed by atoms with Crippen molar-refractivity contribution in [3.05, 3.63) is 90.0 Å². The fourth-order valence-corrected chi connectivity index (χ4v) is 2.94. The summed E-state index contributed by atoms with van der Waals surface area (Å²) in [5, 5.41) is 2.83. The molecule has 0 saturated carbocycles. The van der Waals surface area contributed by atoms with E-state index in [9.17, 15) is 9.18 Å². The van der Waals surface area contributed by atoms with Crippen LogP contribution in [0, 0.1) is 5.82 Å². The maximum Gasteiger partial charge on any atom is 0.252 e. The lowest BCUT2D eigenvalue weighted by molar-refractivity contribution is 0.0953. The molecule has 1 heterocycles. The third kappa shape index (κ3) is 4.70. The second-order valence-electron chi connectivity index (χ2n) is 6.11. The molecule has 0 radical (unpaired) electrons. The minimum absolute atomic E-state index is 0.218. The van der Waals surface area contributed by atoms with Crippen LogP contribution < -0.4 is 10.2 Å². The molecule has 0 bridgehead atoms. The summed E-state index contributed by atoms with van der Waals surface area (Å²) in [4.78, 5) is 18.8. The van der Waals surface area contributed by atoms with Crippen molar-refractivity contribution in [1.82, 2.24) is 10.3 Å². The van der Waals surface area contributed by atoms with E-state index in [1.54, 1.807) is 30.6 Å². The second kappa shape index (κ2) is 8.94. The van der Waals surface area contributed by atoms with E-state index >= 15 is 0 Å². The van der Waals surface area contributed by atoms with Gasteiger partial charge in [0.25, 0.3) is 5.91 Å². The molecule has 3 rings (SSSR count). The maximum atomic E-state index is 13.7. The van der Waals surface area contributed by atoms with Crippen molar-refractivity contribution in [2.75, 3.05) is 18.0 Å². The molecule has 138 valence electrons. The molecule has 1 amide bonds. The number of halogens is 1. The van der Waals surface area contributed by atoms with E-state index < -0.39 is 0 Å². The Morgan fingerprint density at radius 2 is 1.78 bits per heavy atom. The molecule has 0 atom stereocenters. The lowest BCUT2D eigenvalue weighted by Gasteiger charge is -2.23. The van der Waals surface area contributed by atoms with Crippen molar-refractivity contribution in [2.24, 2.45) is 0 Å². The number of carbonyl (C=O) groups is 1. The molecule has 0 aliphatic rings. The van der Waals surface area contributed by atoms with Gasteiger partial charge in [-0.1, -0.05) is 36.4 Å². The molecule has 3 aromatic rings. The minimum Gasteiger partial charge on any atom is -0.352 e. The number of nitrogens with one attached hydrogen (secondary N) is 1. The van der Waals surface area contributed by atoms with Crippen LogP contribution in [-0.2, 0) is 6.42 Å². The quantitative estimate of drug-likeness (QED) is 0.679. The highest BCUT2D eigenvalue weighted by Crippen LogP contribution is 2.24. The third-order valence-corrected chi connectivity index (χ3v) is 4.32. The van der Waals surface area contributed by atoms with Gasteiger partial charge >= 0.3 is 0 Å².